The second-order valence-corrected chi connectivity index (χ2v) is 4.09. The molecule has 0 aliphatic carbocycles. The van der Waals surface area contributed by atoms with E-state index in [0.717, 1.165) is 32.6 Å². The van der Waals surface area contributed by atoms with E-state index in [2.05, 4.69) is 5.32 Å². The summed E-state index contributed by atoms with van der Waals surface area (Å²) in [5.74, 6) is 0.408. The van der Waals surface area contributed by atoms with Crippen molar-refractivity contribution in [3.05, 3.63) is 0 Å². The summed E-state index contributed by atoms with van der Waals surface area (Å²) in [6, 6.07) is 0.546. The molecule has 0 saturated carbocycles. The van der Waals surface area contributed by atoms with Crippen molar-refractivity contribution in [3.8, 4) is 0 Å². The molecule has 2 fully saturated rings. The van der Waals surface area contributed by atoms with Gasteiger partial charge in [-0.2, -0.15) is 0 Å². The van der Waals surface area contributed by atoms with Crippen molar-refractivity contribution in [2.75, 3.05) is 26.9 Å². The number of ether oxygens (including phenoxy) is 2. The quantitative estimate of drug-likeness (QED) is 0.612. The van der Waals surface area contributed by atoms with Gasteiger partial charge in [-0.15, -0.1) is 0 Å². The number of carbonyl (C=O) groups excluding carboxylic acids is 1. The van der Waals surface area contributed by atoms with Gasteiger partial charge in [0.2, 0.25) is 0 Å². The third-order valence-corrected chi connectivity index (χ3v) is 3.22. The van der Waals surface area contributed by atoms with E-state index in [1.165, 1.54) is 7.11 Å². The highest BCUT2D eigenvalue weighted by atomic mass is 16.5. The van der Waals surface area contributed by atoms with E-state index in [9.17, 15) is 4.79 Å². The molecule has 0 radical (unpaired) electrons. The second-order valence-electron chi connectivity index (χ2n) is 4.09. The molecule has 0 spiro atoms. The normalized spacial score (nSPS) is 37.4. The van der Waals surface area contributed by atoms with Gasteiger partial charge in [0.05, 0.1) is 19.6 Å². The van der Waals surface area contributed by atoms with E-state index in [4.69, 9.17) is 9.47 Å². The second kappa shape index (κ2) is 4.28. The van der Waals surface area contributed by atoms with Crippen LogP contribution < -0.4 is 5.32 Å². The van der Waals surface area contributed by atoms with E-state index in [1.54, 1.807) is 0 Å². The SMILES string of the molecule is COC(=O)C1CNC2CCOCC2C1. The minimum Gasteiger partial charge on any atom is -0.469 e. The summed E-state index contributed by atoms with van der Waals surface area (Å²) in [7, 11) is 1.45. The molecule has 2 aliphatic rings. The zero-order chi connectivity index (χ0) is 9.97. The van der Waals surface area contributed by atoms with Crippen molar-refractivity contribution < 1.29 is 14.3 Å². The molecule has 2 rings (SSSR count). The molecule has 2 saturated heterocycles. The molecule has 3 unspecified atom stereocenters. The summed E-state index contributed by atoms with van der Waals surface area (Å²) in [6.07, 6.45) is 1.98. The average molecular weight is 199 g/mol. The summed E-state index contributed by atoms with van der Waals surface area (Å²) in [6.45, 7) is 2.38. The fraction of sp³-hybridized carbons (Fsp3) is 0.900. The standard InChI is InChI=1S/C10H17NO3/c1-13-10(12)7-4-8-6-14-3-2-9(8)11-5-7/h7-9,11H,2-6H2,1H3. The van der Waals surface area contributed by atoms with Gasteiger partial charge in [-0.05, 0) is 18.8 Å². The molecular weight excluding hydrogens is 182 g/mol. The zero-order valence-corrected chi connectivity index (χ0v) is 8.49. The maximum Gasteiger partial charge on any atom is 0.309 e. The van der Waals surface area contributed by atoms with Crippen LogP contribution in [0.2, 0.25) is 0 Å². The summed E-state index contributed by atoms with van der Waals surface area (Å²) in [4.78, 5) is 11.3. The van der Waals surface area contributed by atoms with Gasteiger partial charge in [0, 0.05) is 19.2 Å². The molecule has 1 N–H and O–H groups in total. The molecule has 0 aromatic heterocycles. The first-order chi connectivity index (χ1) is 6.81. The van der Waals surface area contributed by atoms with Crippen molar-refractivity contribution >= 4 is 5.97 Å². The van der Waals surface area contributed by atoms with Gasteiger partial charge in [-0.1, -0.05) is 0 Å². The Morgan fingerprint density at radius 2 is 2.43 bits per heavy atom. The van der Waals surface area contributed by atoms with Crippen molar-refractivity contribution in [2.45, 2.75) is 18.9 Å². The van der Waals surface area contributed by atoms with Crippen molar-refractivity contribution in [2.24, 2.45) is 11.8 Å². The van der Waals surface area contributed by atoms with Gasteiger partial charge in [0.15, 0.2) is 0 Å². The molecule has 14 heavy (non-hydrogen) atoms. The molecule has 0 bridgehead atoms. The van der Waals surface area contributed by atoms with Crippen LogP contribution in [0, 0.1) is 11.8 Å². The lowest BCUT2D eigenvalue weighted by Gasteiger charge is -2.38. The van der Waals surface area contributed by atoms with E-state index < -0.39 is 0 Å². The zero-order valence-electron chi connectivity index (χ0n) is 8.49. The van der Waals surface area contributed by atoms with E-state index in [0.29, 0.717) is 12.0 Å². The number of piperidine rings is 1. The highest BCUT2D eigenvalue weighted by Gasteiger charge is 2.35. The number of methoxy groups -OCH3 is 1. The fourth-order valence-corrected chi connectivity index (χ4v) is 2.39. The first-order valence-electron chi connectivity index (χ1n) is 5.20. The Bertz CT molecular complexity index is 219. The lowest BCUT2D eigenvalue weighted by Crippen LogP contribution is -2.51. The summed E-state index contributed by atoms with van der Waals surface area (Å²) in [5.41, 5.74) is 0. The largest absolute Gasteiger partial charge is 0.469 e. The Kier molecular flexibility index (Phi) is 3.03. The van der Waals surface area contributed by atoms with Crippen LogP contribution in [0.5, 0.6) is 0 Å². The number of rotatable bonds is 1. The molecule has 3 atom stereocenters. The first kappa shape index (κ1) is 9.93. The van der Waals surface area contributed by atoms with Gasteiger partial charge in [-0.3, -0.25) is 4.79 Å². The number of esters is 1. The van der Waals surface area contributed by atoms with Crippen LogP contribution in [-0.2, 0) is 14.3 Å². The predicted octanol–water partition coefficient (Wildman–Crippen LogP) is 0.174. The van der Waals surface area contributed by atoms with Crippen LogP contribution in [0.3, 0.4) is 0 Å². The fourth-order valence-electron chi connectivity index (χ4n) is 2.39. The molecule has 4 nitrogen and oxygen atoms in total. The van der Waals surface area contributed by atoms with Crippen LogP contribution >= 0.6 is 0 Å². The number of fused-ring (bicyclic) bond motifs is 1. The third-order valence-electron chi connectivity index (χ3n) is 3.22. The summed E-state index contributed by atoms with van der Waals surface area (Å²) < 4.78 is 10.2. The summed E-state index contributed by atoms with van der Waals surface area (Å²) >= 11 is 0. The van der Waals surface area contributed by atoms with E-state index >= 15 is 0 Å². The van der Waals surface area contributed by atoms with Crippen molar-refractivity contribution in [3.63, 3.8) is 0 Å². The molecule has 2 heterocycles. The van der Waals surface area contributed by atoms with E-state index in [-0.39, 0.29) is 11.9 Å². The Morgan fingerprint density at radius 3 is 3.21 bits per heavy atom. The number of carbonyl (C=O) groups is 1. The Morgan fingerprint density at radius 1 is 1.57 bits per heavy atom. The molecule has 80 valence electrons. The molecule has 0 aromatic carbocycles. The minimum atomic E-state index is -0.0958. The maximum absolute atomic E-state index is 11.3. The highest BCUT2D eigenvalue weighted by Crippen LogP contribution is 2.26. The molecular formula is C10H17NO3. The van der Waals surface area contributed by atoms with Gasteiger partial charge in [0.1, 0.15) is 0 Å². The first-order valence-corrected chi connectivity index (χ1v) is 5.20. The van der Waals surface area contributed by atoms with Crippen LogP contribution in [0.25, 0.3) is 0 Å². The van der Waals surface area contributed by atoms with Crippen LogP contribution in [0.15, 0.2) is 0 Å². The topological polar surface area (TPSA) is 47.6 Å². The number of hydrogen-bond acceptors (Lipinski definition) is 4. The van der Waals surface area contributed by atoms with Crippen molar-refractivity contribution in [1.82, 2.24) is 5.32 Å². The number of hydrogen-bond donors (Lipinski definition) is 1. The van der Waals surface area contributed by atoms with Crippen LogP contribution in [-0.4, -0.2) is 38.9 Å². The maximum atomic E-state index is 11.3. The monoisotopic (exact) mass is 199 g/mol. The highest BCUT2D eigenvalue weighted by molar-refractivity contribution is 5.72. The van der Waals surface area contributed by atoms with Crippen LogP contribution in [0.4, 0.5) is 0 Å². The van der Waals surface area contributed by atoms with Crippen LogP contribution in [0.1, 0.15) is 12.8 Å². The van der Waals surface area contributed by atoms with Gasteiger partial charge >= 0.3 is 5.97 Å². The lowest BCUT2D eigenvalue weighted by molar-refractivity contribution is -0.147. The van der Waals surface area contributed by atoms with E-state index in [1.807, 2.05) is 0 Å². The smallest absolute Gasteiger partial charge is 0.309 e. The number of nitrogens with one attached hydrogen (secondary N) is 1. The van der Waals surface area contributed by atoms with Gasteiger partial charge in [-0.25, -0.2) is 0 Å². The Hall–Kier alpha value is -0.610. The Labute approximate surface area is 84.0 Å². The van der Waals surface area contributed by atoms with Crippen molar-refractivity contribution in [1.29, 1.82) is 0 Å². The van der Waals surface area contributed by atoms with Gasteiger partial charge < -0.3 is 14.8 Å². The summed E-state index contributed by atoms with van der Waals surface area (Å²) in [5, 5.41) is 3.41. The predicted molar refractivity (Wildman–Crippen MR) is 50.8 cm³/mol. The average Bonchev–Trinajstić information content (AvgIpc) is 2.27. The minimum absolute atomic E-state index is 0.0166. The lowest BCUT2D eigenvalue weighted by atomic mass is 9.83. The van der Waals surface area contributed by atoms with Gasteiger partial charge in [0.25, 0.3) is 0 Å². The molecule has 2 aliphatic heterocycles. The Balaban J connectivity index is 1.92. The third kappa shape index (κ3) is 1.91. The molecule has 0 aromatic rings. The molecule has 4 heteroatoms. The molecule has 0 amide bonds.